The lowest BCUT2D eigenvalue weighted by Gasteiger charge is -2.26. The van der Waals surface area contributed by atoms with Gasteiger partial charge >= 0.3 is 0 Å². The van der Waals surface area contributed by atoms with Gasteiger partial charge in [0.15, 0.2) is 5.96 Å². The first-order valence-electron chi connectivity index (χ1n) is 8.59. The van der Waals surface area contributed by atoms with Crippen molar-refractivity contribution in [2.24, 2.45) is 10.4 Å². The quantitative estimate of drug-likeness (QED) is 0.685. The van der Waals surface area contributed by atoms with Gasteiger partial charge in [-0.05, 0) is 30.7 Å². The number of methoxy groups -OCH3 is 1. The van der Waals surface area contributed by atoms with Crippen LogP contribution in [0, 0.1) is 5.41 Å². The van der Waals surface area contributed by atoms with E-state index in [4.69, 9.17) is 4.74 Å². The van der Waals surface area contributed by atoms with E-state index in [-0.39, 0.29) is 5.41 Å². The molecule has 1 heterocycles. The maximum Gasteiger partial charge on any atom is 0.193 e. The molecule has 3 rings (SSSR count). The predicted octanol–water partition coefficient (Wildman–Crippen LogP) is 3.03. The van der Waals surface area contributed by atoms with Gasteiger partial charge in [-0.2, -0.15) is 0 Å². The predicted molar refractivity (Wildman–Crippen MR) is 95.2 cm³/mol. The fourth-order valence-electron chi connectivity index (χ4n) is 3.65. The summed E-state index contributed by atoms with van der Waals surface area (Å²) in [6.07, 6.45) is 3.65. The summed E-state index contributed by atoms with van der Waals surface area (Å²) in [5.74, 6) is 2.04. The Morgan fingerprint density at radius 2 is 2.00 bits per heavy atom. The summed E-state index contributed by atoms with van der Waals surface area (Å²) in [6.45, 7) is 7.76. The van der Waals surface area contributed by atoms with E-state index in [1.807, 2.05) is 13.1 Å². The van der Waals surface area contributed by atoms with Crippen LogP contribution in [0.15, 0.2) is 29.3 Å². The monoisotopic (exact) mass is 315 g/mol. The second kappa shape index (κ2) is 6.06. The average Bonchev–Trinajstić information content (AvgIpc) is 3.25. The highest BCUT2D eigenvalue weighted by molar-refractivity contribution is 5.80. The minimum Gasteiger partial charge on any atom is -0.496 e. The summed E-state index contributed by atoms with van der Waals surface area (Å²) in [7, 11) is 3.64. The lowest BCUT2D eigenvalue weighted by Crippen LogP contribution is -2.43. The number of benzene rings is 1. The lowest BCUT2D eigenvalue weighted by atomic mass is 9.93. The summed E-state index contributed by atoms with van der Waals surface area (Å²) in [5, 5.41) is 3.62. The van der Waals surface area contributed by atoms with E-state index in [0.29, 0.717) is 5.41 Å². The second-order valence-electron chi connectivity index (χ2n) is 7.72. The van der Waals surface area contributed by atoms with Crippen molar-refractivity contribution in [3.05, 3.63) is 29.8 Å². The first-order valence-corrected chi connectivity index (χ1v) is 8.59. The van der Waals surface area contributed by atoms with Gasteiger partial charge in [-0.25, -0.2) is 0 Å². The third-order valence-electron chi connectivity index (χ3n) is 5.31. The van der Waals surface area contributed by atoms with Gasteiger partial charge in [-0.15, -0.1) is 0 Å². The summed E-state index contributed by atoms with van der Waals surface area (Å²) in [6, 6.07) is 8.41. The summed E-state index contributed by atoms with van der Waals surface area (Å²) in [5.41, 5.74) is 1.92. The van der Waals surface area contributed by atoms with Crippen molar-refractivity contribution in [3.63, 3.8) is 0 Å². The van der Waals surface area contributed by atoms with Crippen LogP contribution in [-0.4, -0.2) is 44.7 Å². The van der Waals surface area contributed by atoms with Crippen LogP contribution in [0.3, 0.4) is 0 Å². The zero-order chi connectivity index (χ0) is 16.5. The van der Waals surface area contributed by atoms with Gasteiger partial charge in [0.2, 0.25) is 0 Å². The Labute approximate surface area is 139 Å². The summed E-state index contributed by atoms with van der Waals surface area (Å²) in [4.78, 5) is 6.89. The molecule has 0 unspecified atom stereocenters. The Morgan fingerprint density at radius 3 is 2.57 bits per heavy atom. The molecule has 1 aliphatic carbocycles. The topological polar surface area (TPSA) is 36.9 Å². The fourth-order valence-corrected chi connectivity index (χ4v) is 3.65. The maximum absolute atomic E-state index is 5.56. The van der Waals surface area contributed by atoms with Crippen LogP contribution in [0.5, 0.6) is 5.75 Å². The standard InChI is InChI=1S/C19H29N3O/c1-18(2)11-12-22(14-18)17(20-3)21-13-19(9-10-19)15-7-5-6-8-16(15)23-4/h5-8H,9-14H2,1-4H3,(H,20,21). The summed E-state index contributed by atoms with van der Waals surface area (Å²) < 4.78 is 5.56. The molecule has 1 aromatic rings. The number of likely N-dealkylation sites (tertiary alicyclic amines) is 1. The molecule has 4 nitrogen and oxygen atoms in total. The highest BCUT2D eigenvalue weighted by Crippen LogP contribution is 2.50. The van der Waals surface area contributed by atoms with Crippen LogP contribution in [-0.2, 0) is 5.41 Å². The molecule has 2 fully saturated rings. The number of ether oxygens (including phenoxy) is 1. The highest BCUT2D eigenvalue weighted by Gasteiger charge is 2.46. The molecule has 0 atom stereocenters. The number of hydrogen-bond donors (Lipinski definition) is 1. The van der Waals surface area contributed by atoms with E-state index in [9.17, 15) is 0 Å². The molecule has 1 aliphatic heterocycles. The van der Waals surface area contributed by atoms with Crippen molar-refractivity contribution < 1.29 is 4.74 Å². The van der Waals surface area contributed by atoms with Crippen molar-refractivity contribution in [2.75, 3.05) is 33.8 Å². The van der Waals surface area contributed by atoms with Gasteiger partial charge in [0, 0.05) is 37.7 Å². The van der Waals surface area contributed by atoms with Crippen LogP contribution in [0.4, 0.5) is 0 Å². The van der Waals surface area contributed by atoms with E-state index < -0.39 is 0 Å². The molecule has 1 saturated carbocycles. The minimum absolute atomic E-state index is 0.206. The number of hydrogen-bond acceptors (Lipinski definition) is 2. The smallest absolute Gasteiger partial charge is 0.193 e. The van der Waals surface area contributed by atoms with E-state index in [1.165, 1.54) is 24.8 Å². The third kappa shape index (κ3) is 3.31. The van der Waals surface area contributed by atoms with Crippen molar-refractivity contribution in [3.8, 4) is 5.75 Å². The number of guanidine groups is 1. The molecule has 1 saturated heterocycles. The van der Waals surface area contributed by atoms with Gasteiger partial charge in [0.05, 0.1) is 7.11 Å². The fraction of sp³-hybridized carbons (Fsp3) is 0.632. The van der Waals surface area contributed by atoms with Gasteiger partial charge in [0.1, 0.15) is 5.75 Å². The molecule has 4 heteroatoms. The third-order valence-corrected chi connectivity index (χ3v) is 5.31. The Hall–Kier alpha value is -1.71. The molecule has 0 spiro atoms. The van der Waals surface area contributed by atoms with E-state index in [0.717, 1.165) is 31.3 Å². The lowest BCUT2D eigenvalue weighted by molar-refractivity contribution is 0.368. The van der Waals surface area contributed by atoms with Crippen LogP contribution < -0.4 is 10.1 Å². The average molecular weight is 315 g/mol. The number of aliphatic imine (C=N–C) groups is 1. The molecule has 0 amide bonds. The second-order valence-corrected chi connectivity index (χ2v) is 7.72. The maximum atomic E-state index is 5.56. The van der Waals surface area contributed by atoms with Gasteiger partial charge < -0.3 is 15.0 Å². The normalized spacial score (nSPS) is 22.1. The Kier molecular flexibility index (Phi) is 4.26. The van der Waals surface area contributed by atoms with Crippen molar-refractivity contribution in [2.45, 2.75) is 38.5 Å². The first-order chi connectivity index (χ1) is 11.0. The van der Waals surface area contributed by atoms with Crippen molar-refractivity contribution in [1.29, 1.82) is 0 Å². The Morgan fingerprint density at radius 1 is 1.26 bits per heavy atom. The number of para-hydroxylation sites is 1. The molecule has 23 heavy (non-hydrogen) atoms. The molecule has 2 aliphatic rings. The molecular formula is C19H29N3O. The van der Waals surface area contributed by atoms with Crippen LogP contribution >= 0.6 is 0 Å². The first kappa shape index (κ1) is 16.2. The number of nitrogens with one attached hydrogen (secondary N) is 1. The van der Waals surface area contributed by atoms with Crippen molar-refractivity contribution in [1.82, 2.24) is 10.2 Å². The largest absolute Gasteiger partial charge is 0.496 e. The molecule has 1 N–H and O–H groups in total. The molecule has 0 radical (unpaired) electrons. The number of rotatable bonds is 4. The number of nitrogens with zero attached hydrogens (tertiary/aromatic N) is 2. The van der Waals surface area contributed by atoms with Gasteiger partial charge in [-0.1, -0.05) is 32.0 Å². The van der Waals surface area contributed by atoms with Gasteiger partial charge in [0.25, 0.3) is 0 Å². The Balaban J connectivity index is 1.67. The Bertz CT molecular complexity index is 590. The van der Waals surface area contributed by atoms with E-state index >= 15 is 0 Å². The zero-order valence-electron chi connectivity index (χ0n) is 14.9. The molecule has 1 aromatic carbocycles. The summed E-state index contributed by atoms with van der Waals surface area (Å²) >= 11 is 0. The van der Waals surface area contributed by atoms with Crippen LogP contribution in [0.1, 0.15) is 38.7 Å². The molecule has 126 valence electrons. The molecule has 0 bridgehead atoms. The van der Waals surface area contributed by atoms with Gasteiger partial charge in [-0.3, -0.25) is 4.99 Å². The van der Waals surface area contributed by atoms with E-state index in [2.05, 4.69) is 47.3 Å². The minimum atomic E-state index is 0.206. The SMILES string of the molecule is CN=C(NCC1(c2ccccc2OC)CC1)N1CCC(C)(C)C1. The van der Waals surface area contributed by atoms with E-state index in [1.54, 1.807) is 7.11 Å². The molecule has 0 aromatic heterocycles. The van der Waals surface area contributed by atoms with Crippen LogP contribution in [0.2, 0.25) is 0 Å². The highest BCUT2D eigenvalue weighted by atomic mass is 16.5. The van der Waals surface area contributed by atoms with Crippen LogP contribution in [0.25, 0.3) is 0 Å². The van der Waals surface area contributed by atoms with Crippen molar-refractivity contribution >= 4 is 5.96 Å². The zero-order valence-corrected chi connectivity index (χ0v) is 14.9. The molecular weight excluding hydrogens is 286 g/mol.